The molecule has 2 heterocycles. The molecular formula is C24H24ClIN4O4. The largest absolute Gasteiger partial charge is 0.490 e. The molecule has 0 unspecified atom stereocenters. The van der Waals surface area contributed by atoms with Crippen molar-refractivity contribution in [2.24, 2.45) is 0 Å². The first-order chi connectivity index (χ1) is 16.3. The van der Waals surface area contributed by atoms with Gasteiger partial charge in [-0.05, 0) is 78.8 Å². The molecule has 0 atom stereocenters. The maximum absolute atomic E-state index is 12.7. The summed E-state index contributed by atoms with van der Waals surface area (Å²) in [5.41, 5.74) is 3.42. The highest BCUT2D eigenvalue weighted by Crippen LogP contribution is 2.40. The molecule has 4 aromatic rings. The zero-order valence-electron chi connectivity index (χ0n) is 18.8. The number of ether oxygens (including phenoxy) is 2. The maximum atomic E-state index is 12.7. The molecular weight excluding hydrogens is 571 g/mol. The number of rotatable bonds is 8. The minimum absolute atomic E-state index is 0.279. The highest BCUT2D eigenvalue weighted by Gasteiger charge is 2.29. The van der Waals surface area contributed by atoms with Crippen LogP contribution in [0, 0.1) is 17.4 Å². The Morgan fingerprint density at radius 2 is 1.50 bits per heavy atom. The van der Waals surface area contributed by atoms with Crippen LogP contribution in [0.15, 0.2) is 46.0 Å². The summed E-state index contributed by atoms with van der Waals surface area (Å²) >= 11 is 8.17. The highest BCUT2D eigenvalue weighted by atomic mass is 127. The molecule has 8 nitrogen and oxygen atoms in total. The number of aromatic nitrogens is 4. The molecule has 2 aromatic carbocycles. The lowest BCUT2D eigenvalue weighted by Crippen LogP contribution is -2.20. The third-order valence-electron chi connectivity index (χ3n) is 5.56. The highest BCUT2D eigenvalue weighted by molar-refractivity contribution is 14.1. The topological polar surface area (TPSA) is 116 Å². The second-order valence-electron chi connectivity index (χ2n) is 7.85. The number of benzene rings is 2. The minimum Gasteiger partial charge on any atom is -0.490 e. The first-order valence-electron chi connectivity index (χ1n) is 10.7. The van der Waals surface area contributed by atoms with E-state index in [1.54, 1.807) is 13.8 Å². The van der Waals surface area contributed by atoms with Crippen LogP contribution in [0.2, 0.25) is 5.02 Å². The third-order valence-corrected chi connectivity index (χ3v) is 6.62. The fourth-order valence-corrected chi connectivity index (χ4v) is 4.88. The monoisotopic (exact) mass is 594 g/mol. The van der Waals surface area contributed by atoms with E-state index in [9.17, 15) is 9.59 Å². The van der Waals surface area contributed by atoms with Crippen molar-refractivity contribution < 1.29 is 9.47 Å². The zero-order valence-corrected chi connectivity index (χ0v) is 21.8. The molecule has 0 saturated carbocycles. The van der Waals surface area contributed by atoms with E-state index in [4.69, 9.17) is 21.1 Å². The van der Waals surface area contributed by atoms with Crippen LogP contribution in [0.1, 0.15) is 46.5 Å². The van der Waals surface area contributed by atoms with E-state index in [1.165, 1.54) is 0 Å². The fourth-order valence-electron chi connectivity index (χ4n) is 3.98. The molecule has 0 spiro atoms. The molecule has 4 N–H and O–H groups in total. The summed E-state index contributed by atoms with van der Waals surface area (Å²) in [4.78, 5) is 25.5. The summed E-state index contributed by atoms with van der Waals surface area (Å²) in [5.74, 6) is 0.528. The normalized spacial score (nSPS) is 11.2. The number of halogens is 2. The Morgan fingerprint density at radius 3 is 2.00 bits per heavy atom. The van der Waals surface area contributed by atoms with Crippen LogP contribution in [0.3, 0.4) is 0 Å². The molecule has 0 aliphatic heterocycles. The van der Waals surface area contributed by atoms with Crippen molar-refractivity contribution in [2.45, 2.75) is 33.3 Å². The van der Waals surface area contributed by atoms with Gasteiger partial charge in [0, 0.05) is 22.3 Å². The van der Waals surface area contributed by atoms with Gasteiger partial charge in [-0.1, -0.05) is 23.7 Å². The van der Waals surface area contributed by atoms with Crippen LogP contribution in [-0.2, 0) is 6.61 Å². The Balaban J connectivity index is 1.82. The summed E-state index contributed by atoms with van der Waals surface area (Å²) in [7, 11) is 0. The number of H-pyrrole nitrogens is 4. The van der Waals surface area contributed by atoms with E-state index < -0.39 is 5.92 Å². The van der Waals surface area contributed by atoms with Gasteiger partial charge in [-0.3, -0.25) is 19.8 Å². The lowest BCUT2D eigenvalue weighted by molar-refractivity contribution is 0.267. The molecule has 34 heavy (non-hydrogen) atoms. The zero-order chi connectivity index (χ0) is 24.4. The molecule has 0 aliphatic rings. The van der Waals surface area contributed by atoms with E-state index in [0.717, 1.165) is 14.7 Å². The summed E-state index contributed by atoms with van der Waals surface area (Å²) < 4.78 is 12.9. The number of nitrogens with one attached hydrogen (secondary N) is 4. The molecule has 0 bridgehead atoms. The van der Waals surface area contributed by atoms with Gasteiger partial charge in [-0.15, -0.1) is 0 Å². The van der Waals surface area contributed by atoms with Crippen LogP contribution in [0.5, 0.6) is 11.5 Å². The molecule has 0 fully saturated rings. The fraction of sp³-hybridized carbons (Fsp3) is 0.250. The third kappa shape index (κ3) is 4.80. The quantitative estimate of drug-likeness (QED) is 0.220. The molecule has 178 valence electrons. The number of aromatic amines is 4. The van der Waals surface area contributed by atoms with Crippen molar-refractivity contribution in [3.63, 3.8) is 0 Å². The van der Waals surface area contributed by atoms with Gasteiger partial charge >= 0.3 is 0 Å². The van der Waals surface area contributed by atoms with Gasteiger partial charge < -0.3 is 19.7 Å². The Bertz CT molecular complexity index is 1360. The second-order valence-corrected chi connectivity index (χ2v) is 9.45. The van der Waals surface area contributed by atoms with Gasteiger partial charge in [0.2, 0.25) is 0 Å². The Morgan fingerprint density at radius 1 is 0.912 bits per heavy atom. The molecule has 0 aliphatic carbocycles. The standard InChI is InChI=1S/C24H24ClIN4O4/c1-4-33-18-10-15(9-17(26)22(18)34-11-14-5-7-16(25)8-6-14)21(19-12(2)27-29-23(19)31)20-13(3)28-30-24(20)32/h5-10,21H,4,11H2,1-3H3,(H2,27,29,31)(H2,28,30,32). The van der Waals surface area contributed by atoms with E-state index >= 15 is 0 Å². The second kappa shape index (κ2) is 10.1. The number of hydrogen-bond donors (Lipinski definition) is 4. The van der Waals surface area contributed by atoms with Crippen molar-refractivity contribution in [2.75, 3.05) is 6.61 Å². The Kier molecular flexibility index (Phi) is 7.22. The van der Waals surface area contributed by atoms with E-state index in [-0.39, 0.29) is 11.1 Å². The number of hydrogen-bond acceptors (Lipinski definition) is 4. The molecule has 0 radical (unpaired) electrons. The van der Waals surface area contributed by atoms with Crippen LogP contribution in [0.25, 0.3) is 0 Å². The van der Waals surface area contributed by atoms with Crippen molar-refractivity contribution in [1.29, 1.82) is 0 Å². The van der Waals surface area contributed by atoms with E-state index in [2.05, 4.69) is 43.0 Å². The summed E-state index contributed by atoms with van der Waals surface area (Å²) in [6, 6.07) is 11.2. The average molecular weight is 595 g/mol. The van der Waals surface area contributed by atoms with Crippen LogP contribution in [0.4, 0.5) is 0 Å². The van der Waals surface area contributed by atoms with Gasteiger partial charge in [0.1, 0.15) is 6.61 Å². The van der Waals surface area contributed by atoms with Crippen LogP contribution in [-0.4, -0.2) is 27.0 Å². The molecule has 0 amide bonds. The van der Waals surface area contributed by atoms with Crippen molar-refractivity contribution in [3.05, 3.63) is 99.3 Å². The number of aryl methyl sites for hydroxylation is 2. The molecule has 4 rings (SSSR count). The van der Waals surface area contributed by atoms with Gasteiger partial charge in [0.15, 0.2) is 11.5 Å². The van der Waals surface area contributed by atoms with Crippen molar-refractivity contribution >= 4 is 34.2 Å². The van der Waals surface area contributed by atoms with Gasteiger partial charge in [-0.25, -0.2) is 0 Å². The van der Waals surface area contributed by atoms with Crippen molar-refractivity contribution in [1.82, 2.24) is 20.4 Å². The first kappa shape index (κ1) is 24.2. The predicted octanol–water partition coefficient (Wildman–Crippen LogP) is 4.75. The van der Waals surface area contributed by atoms with E-state index in [1.807, 2.05) is 43.3 Å². The predicted molar refractivity (Wildman–Crippen MR) is 139 cm³/mol. The maximum Gasteiger partial charge on any atom is 0.268 e. The minimum atomic E-state index is -0.608. The van der Waals surface area contributed by atoms with Gasteiger partial charge in [0.05, 0.1) is 21.3 Å². The SMILES string of the molecule is CCOc1cc(C(c2c(C)[nH][nH]c2=O)c2c(C)[nH][nH]c2=O)cc(I)c1OCc1ccc(Cl)cc1. The molecule has 10 heteroatoms. The van der Waals surface area contributed by atoms with Crippen LogP contribution < -0.4 is 20.6 Å². The summed E-state index contributed by atoms with van der Waals surface area (Å²) in [6.45, 7) is 6.25. The van der Waals surface area contributed by atoms with E-state index in [0.29, 0.717) is 52.3 Å². The Labute approximate surface area is 214 Å². The van der Waals surface area contributed by atoms with Gasteiger partial charge in [0.25, 0.3) is 11.1 Å². The Hall–Kier alpha value is -2.92. The van der Waals surface area contributed by atoms with Gasteiger partial charge in [-0.2, -0.15) is 0 Å². The summed E-state index contributed by atoms with van der Waals surface area (Å²) in [5, 5.41) is 11.7. The average Bonchev–Trinajstić information content (AvgIpc) is 3.31. The molecule has 2 aromatic heterocycles. The summed E-state index contributed by atoms with van der Waals surface area (Å²) in [6.07, 6.45) is 0. The van der Waals surface area contributed by atoms with Crippen molar-refractivity contribution in [3.8, 4) is 11.5 Å². The van der Waals surface area contributed by atoms with Crippen LogP contribution >= 0.6 is 34.2 Å². The first-order valence-corrected chi connectivity index (χ1v) is 12.1. The lowest BCUT2D eigenvalue weighted by Gasteiger charge is -2.20. The lowest BCUT2D eigenvalue weighted by atomic mass is 9.85. The smallest absolute Gasteiger partial charge is 0.268 e. The molecule has 0 saturated heterocycles.